The van der Waals surface area contributed by atoms with Gasteiger partial charge in [-0.25, -0.2) is 8.78 Å². The van der Waals surface area contributed by atoms with Crippen LogP contribution in [0.15, 0.2) is 30.5 Å². The van der Waals surface area contributed by atoms with Crippen molar-refractivity contribution in [2.24, 2.45) is 7.05 Å². The number of aryl methyl sites for hydroxylation is 2. The van der Waals surface area contributed by atoms with Crippen LogP contribution in [0.2, 0.25) is 0 Å². The molecule has 0 saturated carbocycles. The summed E-state index contributed by atoms with van der Waals surface area (Å²) in [5.74, 6) is 0. The van der Waals surface area contributed by atoms with Gasteiger partial charge >= 0.3 is 0 Å². The van der Waals surface area contributed by atoms with Crippen molar-refractivity contribution in [3.05, 3.63) is 47.3 Å². The summed E-state index contributed by atoms with van der Waals surface area (Å²) in [7, 11) is 1.86. The third-order valence-electron chi connectivity index (χ3n) is 2.73. The van der Waals surface area contributed by atoms with Crippen molar-refractivity contribution in [1.29, 1.82) is 0 Å². The van der Waals surface area contributed by atoms with E-state index in [2.05, 4.69) is 10.4 Å². The summed E-state index contributed by atoms with van der Waals surface area (Å²) >= 11 is 0. The minimum Gasteiger partial charge on any atom is -0.378 e. The first-order valence-corrected chi connectivity index (χ1v) is 5.67. The third kappa shape index (κ3) is 2.85. The van der Waals surface area contributed by atoms with Crippen LogP contribution in [0.1, 0.15) is 23.2 Å². The Morgan fingerprint density at radius 3 is 2.44 bits per heavy atom. The van der Waals surface area contributed by atoms with Crippen LogP contribution in [0.4, 0.5) is 14.5 Å². The number of benzene rings is 1. The summed E-state index contributed by atoms with van der Waals surface area (Å²) in [6.07, 6.45) is -0.518. The summed E-state index contributed by atoms with van der Waals surface area (Å²) in [5.41, 5.74) is 2.89. The molecule has 0 aliphatic carbocycles. The van der Waals surface area contributed by atoms with Crippen LogP contribution >= 0.6 is 0 Å². The van der Waals surface area contributed by atoms with Gasteiger partial charge in [0.15, 0.2) is 0 Å². The molecule has 2 rings (SSSR count). The Bertz CT molecular complexity index is 518. The number of hydrogen-bond acceptors (Lipinski definition) is 2. The summed E-state index contributed by atoms with van der Waals surface area (Å²) in [4.78, 5) is 0. The van der Waals surface area contributed by atoms with Gasteiger partial charge in [0.2, 0.25) is 0 Å². The fourth-order valence-electron chi connectivity index (χ4n) is 1.75. The SMILES string of the molecule is Cc1nn(C)cc1NCc1ccc(C(F)F)cc1. The van der Waals surface area contributed by atoms with Gasteiger partial charge < -0.3 is 5.32 Å². The predicted molar refractivity (Wildman–Crippen MR) is 66.7 cm³/mol. The summed E-state index contributed by atoms with van der Waals surface area (Å²) in [6.45, 7) is 2.51. The predicted octanol–water partition coefficient (Wildman–Crippen LogP) is 3.28. The zero-order valence-electron chi connectivity index (χ0n) is 10.3. The fraction of sp³-hybridized carbons (Fsp3) is 0.308. The minimum atomic E-state index is -2.41. The van der Waals surface area contributed by atoms with E-state index in [1.807, 2.05) is 20.2 Å². The molecular weight excluding hydrogens is 236 g/mol. The van der Waals surface area contributed by atoms with Gasteiger partial charge in [-0.1, -0.05) is 24.3 Å². The maximum Gasteiger partial charge on any atom is 0.263 e. The monoisotopic (exact) mass is 251 g/mol. The zero-order chi connectivity index (χ0) is 13.1. The molecule has 1 aromatic heterocycles. The molecule has 1 N–H and O–H groups in total. The molecular formula is C13H15F2N3. The van der Waals surface area contributed by atoms with Gasteiger partial charge in [-0.3, -0.25) is 4.68 Å². The zero-order valence-corrected chi connectivity index (χ0v) is 10.3. The summed E-state index contributed by atoms with van der Waals surface area (Å²) in [6, 6.07) is 6.33. The molecule has 2 aromatic rings. The lowest BCUT2D eigenvalue weighted by molar-refractivity contribution is 0.151. The molecule has 5 heteroatoms. The van der Waals surface area contributed by atoms with Crippen molar-refractivity contribution in [3.63, 3.8) is 0 Å². The average molecular weight is 251 g/mol. The minimum absolute atomic E-state index is 0.0521. The molecule has 96 valence electrons. The average Bonchev–Trinajstić information content (AvgIpc) is 2.66. The first-order chi connectivity index (χ1) is 8.56. The molecule has 1 aromatic carbocycles. The van der Waals surface area contributed by atoms with Crippen molar-refractivity contribution < 1.29 is 8.78 Å². The third-order valence-corrected chi connectivity index (χ3v) is 2.73. The van der Waals surface area contributed by atoms with Gasteiger partial charge in [0.25, 0.3) is 6.43 Å². The molecule has 0 radical (unpaired) electrons. The molecule has 0 atom stereocenters. The number of alkyl halides is 2. The van der Waals surface area contributed by atoms with E-state index in [1.54, 1.807) is 16.8 Å². The second-order valence-electron chi connectivity index (χ2n) is 4.20. The highest BCUT2D eigenvalue weighted by Gasteiger charge is 2.06. The van der Waals surface area contributed by atoms with Gasteiger partial charge in [-0.15, -0.1) is 0 Å². The van der Waals surface area contributed by atoms with E-state index in [1.165, 1.54) is 12.1 Å². The largest absolute Gasteiger partial charge is 0.378 e. The number of nitrogens with zero attached hydrogens (tertiary/aromatic N) is 2. The number of halogens is 2. The second-order valence-corrected chi connectivity index (χ2v) is 4.20. The standard InChI is InChI=1S/C13H15F2N3/c1-9-12(8-18(2)17-9)16-7-10-3-5-11(6-4-10)13(14)15/h3-6,8,13,16H,7H2,1-2H3. The number of anilines is 1. The molecule has 0 aliphatic rings. The topological polar surface area (TPSA) is 29.9 Å². The van der Waals surface area contributed by atoms with Gasteiger partial charge in [0, 0.05) is 25.4 Å². The highest BCUT2D eigenvalue weighted by molar-refractivity contribution is 5.46. The van der Waals surface area contributed by atoms with Crippen LogP contribution in [-0.2, 0) is 13.6 Å². The molecule has 0 bridgehead atoms. The van der Waals surface area contributed by atoms with Crippen LogP contribution in [0.3, 0.4) is 0 Å². The second kappa shape index (κ2) is 5.16. The van der Waals surface area contributed by atoms with E-state index < -0.39 is 6.43 Å². The summed E-state index contributed by atoms with van der Waals surface area (Å²) in [5, 5.41) is 7.44. The highest BCUT2D eigenvalue weighted by Crippen LogP contribution is 2.19. The molecule has 0 unspecified atom stereocenters. The van der Waals surface area contributed by atoms with Crippen molar-refractivity contribution >= 4 is 5.69 Å². The Labute approximate surface area is 104 Å². The van der Waals surface area contributed by atoms with E-state index in [0.717, 1.165) is 16.9 Å². The van der Waals surface area contributed by atoms with Crippen LogP contribution < -0.4 is 5.32 Å². The summed E-state index contributed by atoms with van der Waals surface area (Å²) < 4.78 is 26.5. The number of hydrogen-bond donors (Lipinski definition) is 1. The van der Waals surface area contributed by atoms with E-state index in [-0.39, 0.29) is 5.56 Å². The Morgan fingerprint density at radius 1 is 1.28 bits per heavy atom. The van der Waals surface area contributed by atoms with Gasteiger partial charge in [-0.2, -0.15) is 5.10 Å². The maximum absolute atomic E-state index is 12.4. The van der Waals surface area contributed by atoms with Crippen molar-refractivity contribution in [2.45, 2.75) is 19.9 Å². The van der Waals surface area contributed by atoms with E-state index >= 15 is 0 Å². The molecule has 0 fully saturated rings. The Hall–Kier alpha value is -1.91. The molecule has 3 nitrogen and oxygen atoms in total. The van der Waals surface area contributed by atoms with Crippen LogP contribution in [0, 0.1) is 6.92 Å². The Morgan fingerprint density at radius 2 is 1.94 bits per heavy atom. The van der Waals surface area contributed by atoms with Crippen molar-refractivity contribution in [1.82, 2.24) is 9.78 Å². The first-order valence-electron chi connectivity index (χ1n) is 5.67. The highest BCUT2D eigenvalue weighted by atomic mass is 19.3. The fourth-order valence-corrected chi connectivity index (χ4v) is 1.75. The van der Waals surface area contributed by atoms with E-state index in [9.17, 15) is 8.78 Å². The molecule has 1 heterocycles. The normalized spacial score (nSPS) is 10.9. The molecule has 0 aliphatic heterocycles. The first kappa shape index (κ1) is 12.5. The van der Waals surface area contributed by atoms with Gasteiger partial charge in [0.1, 0.15) is 0 Å². The number of rotatable bonds is 4. The molecule has 0 spiro atoms. The van der Waals surface area contributed by atoms with Crippen molar-refractivity contribution in [3.8, 4) is 0 Å². The smallest absolute Gasteiger partial charge is 0.263 e. The molecule has 0 amide bonds. The number of nitrogens with one attached hydrogen (secondary N) is 1. The van der Waals surface area contributed by atoms with Gasteiger partial charge in [-0.05, 0) is 12.5 Å². The van der Waals surface area contributed by atoms with Crippen LogP contribution in [-0.4, -0.2) is 9.78 Å². The maximum atomic E-state index is 12.4. The molecule has 0 saturated heterocycles. The lowest BCUT2D eigenvalue weighted by Gasteiger charge is -2.06. The molecule has 18 heavy (non-hydrogen) atoms. The lowest BCUT2D eigenvalue weighted by atomic mass is 10.1. The Balaban J connectivity index is 2.00. The quantitative estimate of drug-likeness (QED) is 0.903. The number of aromatic nitrogens is 2. The van der Waals surface area contributed by atoms with E-state index in [4.69, 9.17) is 0 Å². The van der Waals surface area contributed by atoms with Crippen molar-refractivity contribution in [2.75, 3.05) is 5.32 Å². The van der Waals surface area contributed by atoms with Gasteiger partial charge in [0.05, 0.1) is 11.4 Å². The van der Waals surface area contributed by atoms with Crippen LogP contribution in [0.5, 0.6) is 0 Å². The lowest BCUT2D eigenvalue weighted by Crippen LogP contribution is -1.99. The Kier molecular flexibility index (Phi) is 3.60. The van der Waals surface area contributed by atoms with E-state index in [0.29, 0.717) is 6.54 Å². The van der Waals surface area contributed by atoms with Crippen LogP contribution in [0.25, 0.3) is 0 Å².